The number of nitrogens with zero attached hydrogens (tertiary/aromatic N) is 1. The molecule has 0 bridgehead atoms. The average molecular weight is 250 g/mol. The van der Waals surface area contributed by atoms with E-state index < -0.39 is 17.6 Å². The molecule has 7 heteroatoms. The molecule has 0 aromatic rings. The highest BCUT2D eigenvalue weighted by Gasteiger charge is 2.30. The van der Waals surface area contributed by atoms with Crippen LogP contribution in [0.2, 0.25) is 0 Å². The number of carboxylic acid groups (broad SMARTS) is 1. The predicted octanol–water partition coefficient (Wildman–Crippen LogP) is -0.174. The Balaban J connectivity index is 4.02. The van der Waals surface area contributed by atoms with Gasteiger partial charge in [0, 0.05) is 19.3 Å². The molecule has 0 aromatic carbocycles. The van der Waals surface area contributed by atoms with Crippen LogP contribution in [0.15, 0.2) is 0 Å². The van der Waals surface area contributed by atoms with Crippen LogP contribution in [-0.2, 0) is 4.79 Å². The molecule has 94 valence electrons. The average Bonchev–Trinajstić information content (AvgIpc) is 2.22. The Bertz CT molecular complexity index is 258. The number of hydrogen-bond acceptors (Lipinski definition) is 4. The van der Waals surface area contributed by atoms with Crippen molar-refractivity contribution in [1.82, 2.24) is 10.2 Å². The topological polar surface area (TPSA) is 89.9 Å². The highest BCUT2D eigenvalue weighted by atomic mass is 32.2. The molecule has 16 heavy (non-hydrogen) atoms. The summed E-state index contributed by atoms with van der Waals surface area (Å²) in [7, 11) is 1.61. The number of rotatable bonds is 6. The number of aliphatic carboxylic acids is 1. The first-order valence-corrected chi connectivity index (χ1v) is 6.14. The van der Waals surface area contributed by atoms with Gasteiger partial charge in [-0.3, -0.25) is 0 Å². The third-order valence-corrected chi connectivity index (χ3v) is 2.61. The van der Waals surface area contributed by atoms with E-state index in [1.54, 1.807) is 18.8 Å². The first kappa shape index (κ1) is 15.0. The van der Waals surface area contributed by atoms with Crippen LogP contribution in [-0.4, -0.2) is 64.9 Å². The van der Waals surface area contributed by atoms with E-state index in [9.17, 15) is 14.7 Å². The third kappa shape index (κ3) is 5.22. The van der Waals surface area contributed by atoms with Crippen LogP contribution in [0.3, 0.4) is 0 Å². The lowest BCUT2D eigenvalue weighted by atomic mass is 10.1. The van der Waals surface area contributed by atoms with Crippen molar-refractivity contribution in [3.05, 3.63) is 0 Å². The molecule has 0 fully saturated rings. The van der Waals surface area contributed by atoms with Crippen LogP contribution >= 0.6 is 11.8 Å². The fourth-order valence-electron chi connectivity index (χ4n) is 0.788. The summed E-state index contributed by atoms with van der Waals surface area (Å²) in [5, 5.41) is 20.3. The number of carbonyl (C=O) groups is 2. The van der Waals surface area contributed by atoms with Crippen molar-refractivity contribution in [2.75, 3.05) is 32.1 Å². The molecule has 3 N–H and O–H groups in total. The van der Waals surface area contributed by atoms with E-state index in [1.807, 2.05) is 6.26 Å². The Kier molecular flexibility index (Phi) is 6.20. The number of hydrogen-bond donors (Lipinski definition) is 3. The maximum Gasteiger partial charge on any atom is 0.337 e. The Morgan fingerprint density at radius 2 is 2.06 bits per heavy atom. The zero-order chi connectivity index (χ0) is 12.8. The van der Waals surface area contributed by atoms with Gasteiger partial charge < -0.3 is 20.4 Å². The first-order chi connectivity index (χ1) is 7.31. The summed E-state index contributed by atoms with van der Waals surface area (Å²) < 4.78 is 0. The summed E-state index contributed by atoms with van der Waals surface area (Å²) in [4.78, 5) is 23.4. The first-order valence-electron chi connectivity index (χ1n) is 4.75. The Morgan fingerprint density at radius 3 is 2.50 bits per heavy atom. The number of urea groups is 1. The van der Waals surface area contributed by atoms with Crippen LogP contribution < -0.4 is 5.32 Å². The number of carboxylic acids is 1. The van der Waals surface area contributed by atoms with Crippen molar-refractivity contribution in [3.8, 4) is 0 Å². The molecule has 0 spiro atoms. The molecule has 0 rings (SSSR count). The van der Waals surface area contributed by atoms with Crippen molar-refractivity contribution < 1.29 is 19.8 Å². The van der Waals surface area contributed by atoms with E-state index in [0.717, 1.165) is 12.7 Å². The zero-order valence-corrected chi connectivity index (χ0v) is 10.5. The lowest BCUT2D eigenvalue weighted by Gasteiger charge is -2.22. The van der Waals surface area contributed by atoms with Crippen LogP contribution in [0, 0.1) is 0 Å². The van der Waals surface area contributed by atoms with Gasteiger partial charge >= 0.3 is 12.0 Å². The Labute approximate surface area is 99.0 Å². The Hall–Kier alpha value is -0.950. The molecule has 1 atom stereocenters. The quantitative estimate of drug-likeness (QED) is 0.609. The van der Waals surface area contributed by atoms with Crippen molar-refractivity contribution in [2.24, 2.45) is 0 Å². The number of amides is 2. The molecule has 0 saturated heterocycles. The summed E-state index contributed by atoms with van der Waals surface area (Å²) in [5.41, 5.74) is -1.93. The molecule has 0 aliphatic heterocycles. The van der Waals surface area contributed by atoms with Gasteiger partial charge in [-0.15, -0.1) is 0 Å². The van der Waals surface area contributed by atoms with Gasteiger partial charge in [0.2, 0.25) is 0 Å². The van der Waals surface area contributed by atoms with Crippen molar-refractivity contribution >= 4 is 23.8 Å². The second-order valence-electron chi connectivity index (χ2n) is 3.65. The van der Waals surface area contributed by atoms with E-state index >= 15 is 0 Å². The van der Waals surface area contributed by atoms with E-state index in [2.05, 4.69) is 5.32 Å². The lowest BCUT2D eigenvalue weighted by molar-refractivity contribution is -0.155. The fourth-order valence-corrected chi connectivity index (χ4v) is 1.24. The lowest BCUT2D eigenvalue weighted by Crippen LogP contribution is -2.49. The molecule has 0 saturated carbocycles. The minimum Gasteiger partial charge on any atom is -0.479 e. The van der Waals surface area contributed by atoms with Gasteiger partial charge in [-0.2, -0.15) is 11.8 Å². The van der Waals surface area contributed by atoms with Gasteiger partial charge in [0.15, 0.2) is 5.60 Å². The number of thioether (sulfide) groups is 1. The minimum atomic E-state index is -1.93. The van der Waals surface area contributed by atoms with Crippen LogP contribution in [0.4, 0.5) is 4.79 Å². The van der Waals surface area contributed by atoms with Crippen molar-refractivity contribution in [3.63, 3.8) is 0 Å². The molecule has 2 amide bonds. The monoisotopic (exact) mass is 250 g/mol. The summed E-state index contributed by atoms with van der Waals surface area (Å²) in [5.74, 6) is -0.557. The SMILES string of the molecule is CSCCN(C)C(=O)NCC(C)(O)C(=O)O. The Morgan fingerprint density at radius 1 is 1.50 bits per heavy atom. The van der Waals surface area contributed by atoms with Gasteiger partial charge in [-0.25, -0.2) is 9.59 Å². The number of aliphatic hydroxyl groups is 1. The predicted molar refractivity (Wildman–Crippen MR) is 62.7 cm³/mol. The summed E-state index contributed by atoms with van der Waals surface area (Å²) in [6.07, 6.45) is 1.93. The second kappa shape index (κ2) is 6.59. The van der Waals surface area contributed by atoms with Crippen molar-refractivity contribution in [1.29, 1.82) is 0 Å². The fraction of sp³-hybridized carbons (Fsp3) is 0.778. The molecule has 0 aliphatic rings. The highest BCUT2D eigenvalue weighted by Crippen LogP contribution is 2.01. The van der Waals surface area contributed by atoms with Crippen LogP contribution in [0.25, 0.3) is 0 Å². The molecule has 1 unspecified atom stereocenters. The van der Waals surface area contributed by atoms with Crippen molar-refractivity contribution in [2.45, 2.75) is 12.5 Å². The van der Waals surface area contributed by atoms with Gasteiger partial charge in [0.25, 0.3) is 0 Å². The smallest absolute Gasteiger partial charge is 0.337 e. The molecular formula is C9H18N2O4S. The standard InChI is InChI=1S/C9H18N2O4S/c1-9(15,7(12)13)6-10-8(14)11(2)4-5-16-3/h15H,4-6H2,1-3H3,(H,10,14)(H,12,13). The van der Waals surface area contributed by atoms with E-state index in [0.29, 0.717) is 6.54 Å². The minimum absolute atomic E-state index is 0.315. The molecular weight excluding hydrogens is 232 g/mol. The molecule has 6 nitrogen and oxygen atoms in total. The molecule has 0 heterocycles. The normalized spacial score (nSPS) is 14.0. The van der Waals surface area contributed by atoms with E-state index in [1.165, 1.54) is 4.90 Å². The largest absolute Gasteiger partial charge is 0.479 e. The maximum atomic E-state index is 11.4. The van der Waals surface area contributed by atoms with E-state index in [-0.39, 0.29) is 6.54 Å². The maximum absolute atomic E-state index is 11.4. The number of nitrogens with one attached hydrogen (secondary N) is 1. The van der Waals surface area contributed by atoms with E-state index in [4.69, 9.17) is 5.11 Å². The molecule has 0 radical (unpaired) electrons. The summed E-state index contributed by atoms with van der Waals surface area (Å²) in [6, 6.07) is -0.393. The van der Waals surface area contributed by atoms with Crippen LogP contribution in [0.5, 0.6) is 0 Å². The van der Waals surface area contributed by atoms with Gasteiger partial charge in [-0.05, 0) is 13.2 Å². The van der Waals surface area contributed by atoms with Crippen LogP contribution in [0.1, 0.15) is 6.92 Å². The van der Waals surface area contributed by atoms with Gasteiger partial charge in [0.1, 0.15) is 0 Å². The summed E-state index contributed by atoms with van der Waals surface area (Å²) >= 11 is 1.61. The third-order valence-electron chi connectivity index (χ3n) is 2.02. The summed E-state index contributed by atoms with van der Waals surface area (Å²) in [6.45, 7) is 1.39. The zero-order valence-electron chi connectivity index (χ0n) is 9.69. The highest BCUT2D eigenvalue weighted by molar-refractivity contribution is 7.98. The molecule has 0 aliphatic carbocycles. The van der Waals surface area contributed by atoms with Gasteiger partial charge in [0.05, 0.1) is 6.54 Å². The number of carbonyl (C=O) groups excluding carboxylic acids is 1. The van der Waals surface area contributed by atoms with Gasteiger partial charge in [-0.1, -0.05) is 0 Å². The molecule has 0 aromatic heterocycles. The second-order valence-corrected chi connectivity index (χ2v) is 4.64.